The van der Waals surface area contributed by atoms with Gasteiger partial charge in [0.25, 0.3) is 11.8 Å². The topological polar surface area (TPSA) is 96.9 Å². The van der Waals surface area contributed by atoms with Crippen LogP contribution in [0.2, 0.25) is 5.02 Å². The van der Waals surface area contributed by atoms with Crippen molar-refractivity contribution in [1.29, 1.82) is 0 Å². The lowest BCUT2D eigenvalue weighted by molar-refractivity contribution is -0.120. The van der Waals surface area contributed by atoms with Gasteiger partial charge in [-0.2, -0.15) is 5.10 Å². The summed E-state index contributed by atoms with van der Waals surface area (Å²) in [5, 5.41) is 6.63. The zero-order valence-electron chi connectivity index (χ0n) is 17.2. The second-order valence-corrected chi connectivity index (χ2v) is 7.14. The van der Waals surface area contributed by atoms with Gasteiger partial charge in [-0.05, 0) is 60.5 Å². The highest BCUT2D eigenvalue weighted by atomic mass is 35.5. The Bertz CT molecular complexity index is 1160. The lowest BCUT2D eigenvalue weighted by Crippen LogP contribution is -2.35. The van der Waals surface area contributed by atoms with Crippen LogP contribution in [0.5, 0.6) is 5.75 Å². The van der Waals surface area contributed by atoms with E-state index in [-0.39, 0.29) is 12.1 Å². The summed E-state index contributed by atoms with van der Waals surface area (Å²) in [4.78, 5) is 36.1. The number of aryl methyl sites for hydroxylation is 1. The third kappa shape index (κ3) is 6.26. The van der Waals surface area contributed by atoms with E-state index >= 15 is 0 Å². The number of halogens is 1. The quantitative estimate of drug-likeness (QED) is 0.248. The van der Waals surface area contributed by atoms with E-state index in [1.165, 1.54) is 6.21 Å². The SMILES string of the molecule is Cc1ccccc1C(=O)Oc1ccc(/C=N/NC(=O)CNC(=O)c2ccccc2Cl)cc1. The Balaban J connectivity index is 1.47. The number of carbonyl (C=O) groups is 3. The molecule has 0 radical (unpaired) electrons. The highest BCUT2D eigenvalue weighted by molar-refractivity contribution is 6.33. The molecule has 8 heteroatoms. The van der Waals surface area contributed by atoms with Crippen LogP contribution in [-0.4, -0.2) is 30.5 Å². The minimum absolute atomic E-state index is 0.255. The monoisotopic (exact) mass is 449 g/mol. The van der Waals surface area contributed by atoms with Crippen molar-refractivity contribution in [1.82, 2.24) is 10.7 Å². The first kappa shape index (κ1) is 22.7. The number of rotatable bonds is 7. The summed E-state index contributed by atoms with van der Waals surface area (Å²) in [5.41, 5.74) is 4.63. The number of hydrazone groups is 1. The van der Waals surface area contributed by atoms with Crippen molar-refractivity contribution < 1.29 is 19.1 Å². The van der Waals surface area contributed by atoms with Crippen LogP contribution in [0.15, 0.2) is 77.9 Å². The molecular weight excluding hydrogens is 430 g/mol. The lowest BCUT2D eigenvalue weighted by atomic mass is 10.1. The summed E-state index contributed by atoms with van der Waals surface area (Å²) in [7, 11) is 0. The highest BCUT2D eigenvalue weighted by Crippen LogP contribution is 2.16. The molecule has 0 unspecified atom stereocenters. The number of amides is 2. The number of nitrogens with zero attached hydrogens (tertiary/aromatic N) is 1. The molecular formula is C24H20ClN3O4. The standard InChI is InChI=1S/C24H20ClN3O4/c1-16-6-2-3-7-19(16)24(31)32-18-12-10-17(11-13-18)14-27-28-22(29)15-26-23(30)20-8-4-5-9-21(20)25/h2-14H,15H2,1H3,(H,26,30)(H,28,29)/b27-14+. The number of hydrogen-bond donors (Lipinski definition) is 2. The first-order chi connectivity index (χ1) is 15.4. The molecule has 0 fully saturated rings. The number of nitrogens with one attached hydrogen (secondary N) is 2. The molecule has 2 amide bonds. The van der Waals surface area contributed by atoms with Gasteiger partial charge in [-0.25, -0.2) is 10.2 Å². The molecule has 7 nitrogen and oxygen atoms in total. The summed E-state index contributed by atoms with van der Waals surface area (Å²) < 4.78 is 5.38. The zero-order chi connectivity index (χ0) is 22.9. The molecule has 0 heterocycles. The van der Waals surface area contributed by atoms with Gasteiger partial charge in [-0.3, -0.25) is 9.59 Å². The zero-order valence-corrected chi connectivity index (χ0v) is 17.9. The van der Waals surface area contributed by atoms with E-state index in [1.807, 2.05) is 19.1 Å². The van der Waals surface area contributed by atoms with E-state index in [9.17, 15) is 14.4 Å². The minimum atomic E-state index is -0.495. The van der Waals surface area contributed by atoms with E-state index < -0.39 is 17.8 Å². The van der Waals surface area contributed by atoms with Crippen molar-refractivity contribution in [3.8, 4) is 5.75 Å². The largest absolute Gasteiger partial charge is 0.423 e. The lowest BCUT2D eigenvalue weighted by Gasteiger charge is -2.07. The molecule has 0 aromatic heterocycles. The predicted molar refractivity (Wildman–Crippen MR) is 122 cm³/mol. The normalized spacial score (nSPS) is 10.6. The van der Waals surface area contributed by atoms with Gasteiger partial charge in [-0.15, -0.1) is 0 Å². The Hall–Kier alpha value is -3.97. The Labute approximate surface area is 190 Å². The fourth-order valence-corrected chi connectivity index (χ4v) is 2.93. The molecule has 0 atom stereocenters. The summed E-state index contributed by atoms with van der Waals surface area (Å²) in [6.45, 7) is 1.59. The van der Waals surface area contributed by atoms with Crippen molar-refractivity contribution in [2.45, 2.75) is 6.92 Å². The minimum Gasteiger partial charge on any atom is -0.423 e. The van der Waals surface area contributed by atoms with E-state index in [2.05, 4.69) is 15.8 Å². The van der Waals surface area contributed by atoms with Crippen LogP contribution in [0.25, 0.3) is 0 Å². The van der Waals surface area contributed by atoms with Gasteiger partial charge in [0.05, 0.1) is 28.9 Å². The number of esters is 1. The third-order valence-electron chi connectivity index (χ3n) is 4.39. The summed E-state index contributed by atoms with van der Waals surface area (Å²) in [6, 6.07) is 20.4. The Morgan fingerprint density at radius 2 is 1.59 bits per heavy atom. The molecule has 0 aliphatic carbocycles. The molecule has 3 aromatic rings. The number of hydrogen-bond acceptors (Lipinski definition) is 5. The van der Waals surface area contributed by atoms with Gasteiger partial charge in [0, 0.05) is 0 Å². The molecule has 0 saturated heterocycles. The Morgan fingerprint density at radius 3 is 2.28 bits per heavy atom. The van der Waals surface area contributed by atoms with Gasteiger partial charge in [-0.1, -0.05) is 41.9 Å². The van der Waals surface area contributed by atoms with E-state index in [1.54, 1.807) is 60.7 Å². The van der Waals surface area contributed by atoms with Crippen LogP contribution in [0.1, 0.15) is 31.8 Å². The molecule has 3 rings (SSSR count). The van der Waals surface area contributed by atoms with Gasteiger partial charge in [0.15, 0.2) is 0 Å². The average Bonchev–Trinajstić information content (AvgIpc) is 2.79. The van der Waals surface area contributed by atoms with Gasteiger partial charge in [0.1, 0.15) is 5.75 Å². The second-order valence-electron chi connectivity index (χ2n) is 6.73. The molecule has 162 valence electrons. The fourth-order valence-electron chi connectivity index (χ4n) is 2.71. The van der Waals surface area contributed by atoms with E-state index in [4.69, 9.17) is 16.3 Å². The predicted octanol–water partition coefficient (Wildman–Crippen LogP) is 3.75. The van der Waals surface area contributed by atoms with Crippen molar-refractivity contribution in [3.05, 3.63) is 100 Å². The number of benzene rings is 3. The summed E-state index contributed by atoms with van der Waals surface area (Å²) in [5.74, 6) is -0.992. The molecule has 0 bridgehead atoms. The smallest absolute Gasteiger partial charge is 0.343 e. The molecule has 0 saturated carbocycles. The average molecular weight is 450 g/mol. The van der Waals surface area contributed by atoms with Crippen LogP contribution in [0.4, 0.5) is 0 Å². The molecule has 0 aliphatic heterocycles. The van der Waals surface area contributed by atoms with Gasteiger partial charge < -0.3 is 10.1 Å². The Morgan fingerprint density at radius 1 is 0.938 bits per heavy atom. The Kier molecular flexibility index (Phi) is 7.72. The van der Waals surface area contributed by atoms with Gasteiger partial charge >= 0.3 is 5.97 Å². The fraction of sp³-hybridized carbons (Fsp3) is 0.0833. The van der Waals surface area contributed by atoms with Crippen LogP contribution in [0.3, 0.4) is 0 Å². The van der Waals surface area contributed by atoms with Crippen molar-refractivity contribution in [3.63, 3.8) is 0 Å². The van der Waals surface area contributed by atoms with Crippen LogP contribution >= 0.6 is 11.6 Å². The second kappa shape index (κ2) is 10.9. The molecule has 2 N–H and O–H groups in total. The molecule has 3 aromatic carbocycles. The highest BCUT2D eigenvalue weighted by Gasteiger charge is 2.11. The van der Waals surface area contributed by atoms with Crippen LogP contribution in [-0.2, 0) is 4.79 Å². The maximum absolute atomic E-state index is 12.3. The number of carbonyl (C=O) groups excluding carboxylic acids is 3. The van der Waals surface area contributed by atoms with Crippen molar-refractivity contribution >= 4 is 35.6 Å². The van der Waals surface area contributed by atoms with E-state index in [0.717, 1.165) is 5.56 Å². The summed E-state index contributed by atoms with van der Waals surface area (Å²) >= 11 is 5.95. The van der Waals surface area contributed by atoms with Crippen LogP contribution < -0.4 is 15.5 Å². The molecule has 0 spiro atoms. The van der Waals surface area contributed by atoms with Crippen molar-refractivity contribution in [2.75, 3.05) is 6.54 Å². The number of ether oxygens (including phenoxy) is 1. The first-order valence-corrected chi connectivity index (χ1v) is 10.0. The first-order valence-electron chi connectivity index (χ1n) is 9.66. The molecule has 32 heavy (non-hydrogen) atoms. The van der Waals surface area contributed by atoms with Crippen LogP contribution in [0, 0.1) is 6.92 Å². The third-order valence-corrected chi connectivity index (χ3v) is 4.72. The maximum Gasteiger partial charge on any atom is 0.343 e. The van der Waals surface area contributed by atoms with Gasteiger partial charge in [0.2, 0.25) is 0 Å². The maximum atomic E-state index is 12.3. The molecule has 0 aliphatic rings. The van der Waals surface area contributed by atoms with Crippen molar-refractivity contribution in [2.24, 2.45) is 5.10 Å². The van der Waals surface area contributed by atoms with E-state index in [0.29, 0.717) is 21.9 Å². The summed E-state index contributed by atoms with van der Waals surface area (Å²) in [6.07, 6.45) is 1.43.